The van der Waals surface area contributed by atoms with Crippen LogP contribution in [0.1, 0.15) is 13.8 Å². The zero-order valence-corrected chi connectivity index (χ0v) is 8.55. The first-order valence-corrected chi connectivity index (χ1v) is 4.38. The van der Waals surface area contributed by atoms with Crippen molar-refractivity contribution in [1.29, 1.82) is 0 Å². The van der Waals surface area contributed by atoms with E-state index in [1.807, 2.05) is 0 Å². The molecule has 0 aromatic heterocycles. The molecule has 0 aliphatic rings. The molecule has 3 N–H and O–H groups in total. The minimum atomic E-state index is -1.14. The number of hydrogen-bond donors (Lipinski definition) is 2. The summed E-state index contributed by atoms with van der Waals surface area (Å²) in [4.78, 5) is 21.4. The van der Waals surface area contributed by atoms with Crippen molar-refractivity contribution in [3.63, 3.8) is 0 Å². The Labute approximate surface area is 80.6 Å². The maximum atomic E-state index is 10.8. The number of carbonyl (C=O) groups excluding carboxylic acids is 1. The Bertz CT molecular complexity index is 217. The topological polar surface area (TPSA) is 89.6 Å². The molecule has 13 heavy (non-hydrogen) atoms. The average Bonchev–Trinajstić information content (AvgIpc) is 2.01. The van der Waals surface area contributed by atoms with Crippen LogP contribution in [0.15, 0.2) is 0 Å². The fraction of sp³-hybridized carbons (Fsp3) is 0.714. The number of rotatable bonds is 3. The van der Waals surface area contributed by atoms with Crippen LogP contribution in [0.5, 0.6) is 0 Å². The van der Waals surface area contributed by atoms with E-state index in [-0.39, 0.29) is 0 Å². The normalized spacial score (nSPS) is 13.5. The van der Waals surface area contributed by atoms with Crippen molar-refractivity contribution in [2.75, 3.05) is 7.11 Å². The van der Waals surface area contributed by atoms with Crippen LogP contribution in [-0.4, -0.2) is 34.3 Å². The Morgan fingerprint density at radius 1 is 1.54 bits per heavy atom. The summed E-state index contributed by atoms with van der Waals surface area (Å²) in [5.41, 5.74) is 5.37. The number of carbonyl (C=O) groups is 2. The van der Waals surface area contributed by atoms with Gasteiger partial charge in [0.15, 0.2) is 0 Å². The van der Waals surface area contributed by atoms with Crippen LogP contribution >= 0.6 is 11.8 Å². The standard InChI is InChI=1S/C7H13NO4S/c1-7(2,4(8)5(9)10)13-6(11)12-3/h4H,8H2,1-3H3,(H,9,10)/t4-/m1/s1. The highest BCUT2D eigenvalue weighted by molar-refractivity contribution is 8.14. The predicted octanol–water partition coefficient (Wildman–Crippen LogP) is 0.676. The van der Waals surface area contributed by atoms with E-state index >= 15 is 0 Å². The average molecular weight is 207 g/mol. The lowest BCUT2D eigenvalue weighted by Gasteiger charge is -2.25. The number of nitrogens with two attached hydrogens (primary N) is 1. The second kappa shape index (κ2) is 4.48. The van der Waals surface area contributed by atoms with Crippen LogP contribution in [0.4, 0.5) is 4.79 Å². The molecule has 0 aromatic carbocycles. The van der Waals surface area contributed by atoms with Gasteiger partial charge in [-0.2, -0.15) is 0 Å². The summed E-state index contributed by atoms with van der Waals surface area (Å²) < 4.78 is 3.52. The molecular weight excluding hydrogens is 194 g/mol. The van der Waals surface area contributed by atoms with E-state index in [1.54, 1.807) is 13.8 Å². The molecule has 0 aliphatic carbocycles. The Hall–Kier alpha value is -0.750. The SMILES string of the molecule is COC(=O)SC(C)(C)[C@H](N)C(=O)O. The summed E-state index contributed by atoms with van der Waals surface area (Å²) in [6.07, 6.45) is 0. The van der Waals surface area contributed by atoms with Crippen LogP contribution in [0.2, 0.25) is 0 Å². The lowest BCUT2D eigenvalue weighted by molar-refractivity contribution is -0.139. The van der Waals surface area contributed by atoms with E-state index in [4.69, 9.17) is 10.8 Å². The maximum absolute atomic E-state index is 10.8. The van der Waals surface area contributed by atoms with Crippen molar-refractivity contribution in [3.05, 3.63) is 0 Å². The highest BCUT2D eigenvalue weighted by Crippen LogP contribution is 2.28. The molecule has 0 aliphatic heterocycles. The van der Waals surface area contributed by atoms with Gasteiger partial charge in [-0.1, -0.05) is 0 Å². The minimum absolute atomic E-state index is 0.540. The van der Waals surface area contributed by atoms with Gasteiger partial charge in [-0.15, -0.1) is 0 Å². The minimum Gasteiger partial charge on any atom is -0.480 e. The third-order valence-corrected chi connectivity index (χ3v) is 2.64. The van der Waals surface area contributed by atoms with Crippen LogP contribution < -0.4 is 5.73 Å². The Kier molecular flexibility index (Phi) is 4.22. The van der Waals surface area contributed by atoms with Gasteiger partial charge < -0.3 is 15.6 Å². The molecule has 0 saturated carbocycles. The zero-order chi connectivity index (χ0) is 10.6. The van der Waals surface area contributed by atoms with Crippen LogP contribution in [0.25, 0.3) is 0 Å². The van der Waals surface area contributed by atoms with Gasteiger partial charge >= 0.3 is 11.3 Å². The summed E-state index contributed by atoms with van der Waals surface area (Å²) in [5, 5.41) is 8.07. The first kappa shape index (κ1) is 12.2. The third kappa shape index (κ3) is 3.65. The molecule has 0 saturated heterocycles. The first-order valence-electron chi connectivity index (χ1n) is 3.56. The third-order valence-electron chi connectivity index (χ3n) is 1.53. The lowest BCUT2D eigenvalue weighted by atomic mass is 10.1. The van der Waals surface area contributed by atoms with Crippen molar-refractivity contribution in [2.24, 2.45) is 5.73 Å². The first-order chi connectivity index (χ1) is 5.81. The molecule has 0 bridgehead atoms. The van der Waals surface area contributed by atoms with E-state index in [0.717, 1.165) is 11.8 Å². The van der Waals surface area contributed by atoms with E-state index in [1.165, 1.54) is 7.11 Å². The molecule has 0 amide bonds. The Balaban J connectivity index is 4.38. The molecule has 5 nitrogen and oxygen atoms in total. The fourth-order valence-electron chi connectivity index (χ4n) is 0.617. The van der Waals surface area contributed by atoms with Gasteiger partial charge in [0.25, 0.3) is 0 Å². The van der Waals surface area contributed by atoms with Gasteiger partial charge in [-0.25, -0.2) is 4.79 Å². The molecular formula is C7H13NO4S. The van der Waals surface area contributed by atoms with Crippen LogP contribution in [0.3, 0.4) is 0 Å². The predicted molar refractivity (Wildman–Crippen MR) is 49.7 cm³/mol. The van der Waals surface area contributed by atoms with E-state index in [0.29, 0.717) is 0 Å². The Morgan fingerprint density at radius 3 is 2.31 bits per heavy atom. The van der Waals surface area contributed by atoms with Gasteiger partial charge in [0.1, 0.15) is 6.04 Å². The largest absolute Gasteiger partial charge is 0.480 e. The van der Waals surface area contributed by atoms with Gasteiger partial charge in [0.2, 0.25) is 0 Å². The molecule has 0 rings (SSSR count). The molecule has 0 unspecified atom stereocenters. The highest BCUT2D eigenvalue weighted by atomic mass is 32.2. The molecule has 0 aromatic rings. The maximum Gasteiger partial charge on any atom is 0.367 e. The van der Waals surface area contributed by atoms with Gasteiger partial charge in [-0.3, -0.25) is 4.79 Å². The molecule has 0 radical (unpaired) electrons. The van der Waals surface area contributed by atoms with E-state index in [9.17, 15) is 9.59 Å². The zero-order valence-electron chi connectivity index (χ0n) is 7.73. The van der Waals surface area contributed by atoms with Gasteiger partial charge in [0.05, 0.1) is 7.11 Å². The molecule has 6 heteroatoms. The van der Waals surface area contributed by atoms with Crippen molar-refractivity contribution in [1.82, 2.24) is 0 Å². The van der Waals surface area contributed by atoms with Gasteiger partial charge in [0, 0.05) is 4.75 Å². The molecule has 0 spiro atoms. The van der Waals surface area contributed by atoms with Crippen LogP contribution in [-0.2, 0) is 9.53 Å². The number of carboxylic acids is 1. The van der Waals surface area contributed by atoms with Crippen molar-refractivity contribution < 1.29 is 19.4 Å². The Morgan fingerprint density at radius 2 is 2.00 bits per heavy atom. The number of carboxylic acid groups (broad SMARTS) is 1. The summed E-state index contributed by atoms with van der Waals surface area (Å²) in [6, 6.07) is -1.10. The highest BCUT2D eigenvalue weighted by Gasteiger charge is 2.35. The fourth-order valence-corrected chi connectivity index (χ4v) is 1.36. The van der Waals surface area contributed by atoms with E-state index < -0.39 is 22.1 Å². The van der Waals surface area contributed by atoms with Gasteiger partial charge in [-0.05, 0) is 25.6 Å². The number of ether oxygens (including phenoxy) is 1. The van der Waals surface area contributed by atoms with Crippen molar-refractivity contribution in [3.8, 4) is 0 Å². The summed E-state index contributed by atoms with van der Waals surface area (Å²) in [5.74, 6) is -1.14. The molecule has 76 valence electrons. The molecule has 0 heterocycles. The quantitative estimate of drug-likeness (QED) is 0.661. The van der Waals surface area contributed by atoms with Crippen molar-refractivity contribution >= 4 is 23.0 Å². The number of aliphatic carboxylic acids is 1. The van der Waals surface area contributed by atoms with Crippen LogP contribution in [0, 0.1) is 0 Å². The number of thioether (sulfide) groups is 1. The number of hydrogen-bond acceptors (Lipinski definition) is 5. The molecule has 1 atom stereocenters. The smallest absolute Gasteiger partial charge is 0.367 e. The van der Waals surface area contributed by atoms with Crippen molar-refractivity contribution in [2.45, 2.75) is 24.6 Å². The second-order valence-electron chi connectivity index (χ2n) is 2.98. The second-order valence-corrected chi connectivity index (χ2v) is 4.57. The lowest BCUT2D eigenvalue weighted by Crippen LogP contribution is -2.47. The molecule has 0 fully saturated rings. The number of methoxy groups -OCH3 is 1. The summed E-state index contributed by atoms with van der Waals surface area (Å²) >= 11 is 0.771. The monoisotopic (exact) mass is 207 g/mol. The van der Waals surface area contributed by atoms with E-state index in [2.05, 4.69) is 4.74 Å². The summed E-state index contributed by atoms with van der Waals surface area (Å²) in [7, 11) is 1.23. The summed E-state index contributed by atoms with van der Waals surface area (Å²) in [6.45, 7) is 3.15.